The summed E-state index contributed by atoms with van der Waals surface area (Å²) in [4.78, 5) is 3.87. The molecule has 19 heavy (non-hydrogen) atoms. The number of alkyl halides is 3. The molecular weight excluding hydrogens is 255 g/mol. The molecular formula is C13H8F3N3. The van der Waals surface area contributed by atoms with Crippen molar-refractivity contribution >= 4 is 11.5 Å². The predicted molar refractivity (Wildman–Crippen MR) is 63.7 cm³/mol. The first-order valence-electron chi connectivity index (χ1n) is 5.31. The molecule has 0 atom stereocenters. The van der Waals surface area contributed by atoms with E-state index in [9.17, 15) is 13.2 Å². The molecule has 0 fully saturated rings. The zero-order valence-electron chi connectivity index (χ0n) is 9.57. The molecule has 3 nitrogen and oxygen atoms in total. The van der Waals surface area contributed by atoms with Gasteiger partial charge in [0.05, 0.1) is 11.3 Å². The van der Waals surface area contributed by atoms with Crippen LogP contribution in [0.5, 0.6) is 0 Å². The van der Waals surface area contributed by atoms with Crippen LogP contribution in [0.25, 0.3) is 0 Å². The van der Waals surface area contributed by atoms with E-state index in [1.165, 1.54) is 30.3 Å². The van der Waals surface area contributed by atoms with Crippen molar-refractivity contribution in [1.29, 1.82) is 5.26 Å². The molecule has 1 aromatic heterocycles. The molecule has 2 rings (SSSR count). The van der Waals surface area contributed by atoms with Gasteiger partial charge < -0.3 is 5.32 Å². The van der Waals surface area contributed by atoms with Gasteiger partial charge in [-0.1, -0.05) is 18.2 Å². The van der Waals surface area contributed by atoms with Gasteiger partial charge in [0, 0.05) is 0 Å². The smallest absolute Gasteiger partial charge is 0.340 e. The molecule has 0 radical (unpaired) electrons. The number of hydrogen-bond donors (Lipinski definition) is 1. The maximum Gasteiger partial charge on any atom is 0.418 e. The van der Waals surface area contributed by atoms with Crippen molar-refractivity contribution in [2.45, 2.75) is 6.18 Å². The quantitative estimate of drug-likeness (QED) is 0.898. The normalized spacial score (nSPS) is 10.8. The second kappa shape index (κ2) is 4.98. The van der Waals surface area contributed by atoms with Crippen molar-refractivity contribution in [3.05, 3.63) is 53.7 Å². The first-order chi connectivity index (χ1) is 9.00. The van der Waals surface area contributed by atoms with Crippen LogP contribution in [0, 0.1) is 11.3 Å². The minimum Gasteiger partial charge on any atom is -0.340 e. The molecule has 0 aliphatic heterocycles. The number of halogens is 3. The topological polar surface area (TPSA) is 48.7 Å². The van der Waals surface area contributed by atoms with Gasteiger partial charge in [-0.25, -0.2) is 4.98 Å². The first-order valence-corrected chi connectivity index (χ1v) is 5.31. The van der Waals surface area contributed by atoms with Gasteiger partial charge in [0.2, 0.25) is 0 Å². The summed E-state index contributed by atoms with van der Waals surface area (Å²) in [5.41, 5.74) is -0.744. The Balaban J connectivity index is 2.36. The number of nitrogens with zero attached hydrogens (tertiary/aromatic N) is 2. The van der Waals surface area contributed by atoms with Crippen LogP contribution in [-0.2, 0) is 6.18 Å². The molecule has 0 aliphatic carbocycles. The zero-order valence-corrected chi connectivity index (χ0v) is 9.57. The van der Waals surface area contributed by atoms with Crippen molar-refractivity contribution in [3.63, 3.8) is 0 Å². The van der Waals surface area contributed by atoms with Gasteiger partial charge in [-0.05, 0) is 24.3 Å². The summed E-state index contributed by atoms with van der Waals surface area (Å²) < 4.78 is 38.4. The average Bonchev–Trinajstić information content (AvgIpc) is 2.38. The SMILES string of the molecule is N#Cc1cccc(Nc2ccccc2C(F)(F)F)n1. The highest BCUT2D eigenvalue weighted by Gasteiger charge is 2.33. The van der Waals surface area contributed by atoms with E-state index in [4.69, 9.17) is 5.26 Å². The standard InChI is InChI=1S/C13H8F3N3/c14-13(15,16)10-5-1-2-6-11(10)19-12-7-3-4-9(8-17)18-12/h1-7H,(H,18,19). The van der Waals surface area contributed by atoms with Gasteiger partial charge in [0.1, 0.15) is 17.6 Å². The van der Waals surface area contributed by atoms with Crippen LogP contribution < -0.4 is 5.32 Å². The van der Waals surface area contributed by atoms with Crippen LogP contribution in [0.3, 0.4) is 0 Å². The van der Waals surface area contributed by atoms with Gasteiger partial charge >= 0.3 is 6.18 Å². The second-order valence-electron chi connectivity index (χ2n) is 3.69. The maximum absolute atomic E-state index is 12.8. The third-order valence-corrected chi connectivity index (χ3v) is 2.36. The molecule has 0 unspecified atom stereocenters. The number of nitriles is 1. The van der Waals surface area contributed by atoms with Crippen molar-refractivity contribution in [3.8, 4) is 6.07 Å². The summed E-state index contributed by atoms with van der Waals surface area (Å²) >= 11 is 0. The van der Waals surface area contributed by atoms with Gasteiger partial charge in [-0.15, -0.1) is 0 Å². The lowest BCUT2D eigenvalue weighted by molar-refractivity contribution is -0.136. The van der Waals surface area contributed by atoms with E-state index in [2.05, 4.69) is 10.3 Å². The minimum atomic E-state index is -4.45. The molecule has 0 saturated heterocycles. The number of benzene rings is 1. The lowest BCUT2D eigenvalue weighted by atomic mass is 10.1. The predicted octanol–water partition coefficient (Wildman–Crippen LogP) is 3.72. The Morgan fingerprint density at radius 1 is 1.05 bits per heavy atom. The number of hydrogen-bond acceptors (Lipinski definition) is 3. The van der Waals surface area contributed by atoms with Crippen LogP contribution in [0.1, 0.15) is 11.3 Å². The summed E-state index contributed by atoms with van der Waals surface area (Å²) in [6.07, 6.45) is -4.45. The van der Waals surface area contributed by atoms with Gasteiger partial charge in [-0.2, -0.15) is 18.4 Å². The van der Waals surface area contributed by atoms with Crippen LogP contribution in [-0.4, -0.2) is 4.98 Å². The summed E-state index contributed by atoms with van der Waals surface area (Å²) in [5, 5.41) is 11.3. The zero-order chi connectivity index (χ0) is 13.9. The lowest BCUT2D eigenvalue weighted by Gasteiger charge is -2.13. The molecule has 0 saturated carbocycles. The largest absolute Gasteiger partial charge is 0.418 e. The van der Waals surface area contributed by atoms with Crippen LogP contribution in [0.4, 0.5) is 24.7 Å². The summed E-state index contributed by atoms with van der Waals surface area (Å²) in [6, 6.07) is 11.4. The van der Waals surface area contributed by atoms with E-state index in [1.807, 2.05) is 6.07 Å². The number of pyridine rings is 1. The van der Waals surface area contributed by atoms with E-state index in [0.717, 1.165) is 6.07 Å². The highest BCUT2D eigenvalue weighted by Crippen LogP contribution is 2.35. The van der Waals surface area contributed by atoms with Crippen molar-refractivity contribution in [2.75, 3.05) is 5.32 Å². The van der Waals surface area contributed by atoms with E-state index < -0.39 is 11.7 Å². The van der Waals surface area contributed by atoms with Crippen molar-refractivity contribution in [2.24, 2.45) is 0 Å². The molecule has 0 aliphatic rings. The van der Waals surface area contributed by atoms with Gasteiger partial charge in [-0.3, -0.25) is 0 Å². The molecule has 2 aromatic rings. The van der Waals surface area contributed by atoms with Crippen LogP contribution >= 0.6 is 0 Å². The number of para-hydroxylation sites is 1. The third-order valence-electron chi connectivity index (χ3n) is 2.36. The third kappa shape index (κ3) is 3.01. The van der Waals surface area contributed by atoms with Crippen LogP contribution in [0.15, 0.2) is 42.5 Å². The highest BCUT2D eigenvalue weighted by molar-refractivity contribution is 5.61. The van der Waals surface area contributed by atoms with Crippen LogP contribution in [0.2, 0.25) is 0 Å². The fraction of sp³-hybridized carbons (Fsp3) is 0.0769. The Kier molecular flexibility index (Phi) is 3.38. The monoisotopic (exact) mass is 263 g/mol. The Morgan fingerprint density at radius 2 is 1.79 bits per heavy atom. The molecule has 1 heterocycles. The summed E-state index contributed by atoms with van der Waals surface area (Å²) in [6.45, 7) is 0. The second-order valence-corrected chi connectivity index (χ2v) is 3.69. The Morgan fingerprint density at radius 3 is 2.47 bits per heavy atom. The number of nitrogens with one attached hydrogen (secondary N) is 1. The Bertz CT molecular complexity index is 630. The van der Waals surface area contributed by atoms with E-state index in [1.54, 1.807) is 6.07 Å². The Hall–Kier alpha value is -2.55. The van der Waals surface area contributed by atoms with Gasteiger partial charge in [0.25, 0.3) is 0 Å². The van der Waals surface area contributed by atoms with Gasteiger partial charge in [0.15, 0.2) is 0 Å². The Labute approximate surface area is 107 Å². The summed E-state index contributed by atoms with van der Waals surface area (Å²) in [7, 11) is 0. The molecule has 1 aromatic carbocycles. The number of anilines is 2. The van der Waals surface area contributed by atoms with E-state index in [0.29, 0.717) is 0 Å². The molecule has 1 N–H and O–H groups in total. The fourth-order valence-electron chi connectivity index (χ4n) is 1.54. The van der Waals surface area contributed by atoms with Crippen molar-refractivity contribution in [1.82, 2.24) is 4.98 Å². The lowest BCUT2D eigenvalue weighted by Crippen LogP contribution is -2.09. The van der Waals surface area contributed by atoms with Crippen molar-refractivity contribution < 1.29 is 13.2 Å². The molecule has 6 heteroatoms. The summed E-state index contributed by atoms with van der Waals surface area (Å²) in [5.74, 6) is 0.191. The molecule has 0 amide bonds. The molecule has 96 valence electrons. The number of rotatable bonds is 2. The molecule has 0 bridgehead atoms. The highest BCUT2D eigenvalue weighted by atomic mass is 19.4. The maximum atomic E-state index is 12.8. The fourth-order valence-corrected chi connectivity index (χ4v) is 1.54. The molecule has 0 spiro atoms. The average molecular weight is 263 g/mol. The minimum absolute atomic E-state index is 0.0995. The van der Waals surface area contributed by atoms with E-state index >= 15 is 0 Å². The van der Waals surface area contributed by atoms with E-state index in [-0.39, 0.29) is 17.2 Å². The number of aromatic nitrogens is 1. The first kappa shape index (κ1) is 12.9.